The summed E-state index contributed by atoms with van der Waals surface area (Å²) in [6.45, 7) is 3.85. The van der Waals surface area contributed by atoms with Crippen LogP contribution in [-0.2, 0) is 4.74 Å². The third kappa shape index (κ3) is 5.06. The Bertz CT molecular complexity index is 1210. The van der Waals surface area contributed by atoms with Crippen LogP contribution in [0.1, 0.15) is 22.0 Å². The number of pyridine rings is 1. The van der Waals surface area contributed by atoms with Crippen molar-refractivity contribution in [2.75, 3.05) is 32.8 Å². The second-order valence-electron chi connectivity index (χ2n) is 8.26. The highest BCUT2D eigenvalue weighted by Crippen LogP contribution is 2.24. The van der Waals surface area contributed by atoms with Crippen molar-refractivity contribution >= 4 is 5.91 Å². The van der Waals surface area contributed by atoms with Gasteiger partial charge in [-0.15, -0.1) is 0 Å². The Labute approximate surface area is 199 Å². The predicted octanol–water partition coefficient (Wildman–Crippen LogP) is 3.74. The van der Waals surface area contributed by atoms with Crippen LogP contribution in [0.2, 0.25) is 0 Å². The minimum Gasteiger partial charge on any atom is -0.379 e. The van der Waals surface area contributed by atoms with Crippen LogP contribution >= 0.6 is 0 Å². The summed E-state index contributed by atoms with van der Waals surface area (Å²) in [4.78, 5) is 20.2. The molecule has 0 unspecified atom stereocenters. The molecular weight excluding hydrogens is 426 g/mol. The van der Waals surface area contributed by atoms with E-state index in [1.807, 2.05) is 60.7 Å². The minimum atomic E-state index is -0.164. The van der Waals surface area contributed by atoms with E-state index in [2.05, 4.69) is 27.3 Å². The topological polar surface area (TPSA) is 72.3 Å². The van der Waals surface area contributed by atoms with Gasteiger partial charge >= 0.3 is 0 Å². The summed E-state index contributed by atoms with van der Waals surface area (Å²) in [6.07, 6.45) is 5.24. The number of para-hydroxylation sites is 1. The molecule has 5 rings (SSSR count). The Kier molecular flexibility index (Phi) is 6.74. The molecule has 2 aromatic heterocycles. The lowest BCUT2D eigenvalue weighted by Crippen LogP contribution is -2.43. The molecule has 1 atom stereocenters. The van der Waals surface area contributed by atoms with E-state index < -0.39 is 0 Å². The van der Waals surface area contributed by atoms with Crippen LogP contribution in [0.3, 0.4) is 0 Å². The molecule has 0 bridgehead atoms. The first-order valence-electron chi connectivity index (χ1n) is 11.5. The molecule has 4 aromatic rings. The average Bonchev–Trinajstić information content (AvgIpc) is 3.36. The van der Waals surface area contributed by atoms with E-state index in [-0.39, 0.29) is 11.9 Å². The number of morpholine rings is 1. The molecule has 1 amide bonds. The van der Waals surface area contributed by atoms with Crippen molar-refractivity contribution in [1.29, 1.82) is 0 Å². The molecule has 34 heavy (non-hydrogen) atoms. The first-order chi connectivity index (χ1) is 16.8. The number of hydrogen-bond donors (Lipinski definition) is 1. The van der Waals surface area contributed by atoms with Crippen LogP contribution in [0.5, 0.6) is 0 Å². The zero-order valence-electron chi connectivity index (χ0n) is 18.9. The molecular formula is C27H27N5O2. The Hall–Kier alpha value is -3.81. The van der Waals surface area contributed by atoms with Crippen LogP contribution in [-0.4, -0.2) is 58.4 Å². The van der Waals surface area contributed by atoms with Gasteiger partial charge in [-0.25, -0.2) is 4.68 Å². The summed E-state index contributed by atoms with van der Waals surface area (Å²) >= 11 is 0. The molecule has 1 fully saturated rings. The molecule has 172 valence electrons. The van der Waals surface area contributed by atoms with E-state index in [1.165, 1.54) is 0 Å². The quantitative estimate of drug-likeness (QED) is 0.462. The summed E-state index contributed by atoms with van der Waals surface area (Å²) < 4.78 is 7.25. The number of carbonyl (C=O) groups excluding carboxylic acids is 1. The third-order valence-electron chi connectivity index (χ3n) is 5.97. The Morgan fingerprint density at radius 2 is 1.71 bits per heavy atom. The second-order valence-corrected chi connectivity index (χ2v) is 8.26. The SMILES string of the molecule is O=C(N[C@H](CN1CCOCC1)c1ccccc1)c1cn(-c2ccccc2)nc1-c1cccnc1. The van der Waals surface area contributed by atoms with Crippen molar-refractivity contribution in [2.24, 2.45) is 0 Å². The van der Waals surface area contributed by atoms with Gasteiger partial charge < -0.3 is 10.1 Å². The molecule has 1 aliphatic heterocycles. The Morgan fingerprint density at radius 1 is 0.971 bits per heavy atom. The Morgan fingerprint density at radius 3 is 2.41 bits per heavy atom. The number of nitrogens with one attached hydrogen (secondary N) is 1. The second kappa shape index (κ2) is 10.4. The standard InChI is InChI=1S/C27H27N5O2/c33-27(29-25(21-8-3-1-4-9-21)20-31-14-16-34-17-15-31)24-19-32(23-11-5-2-6-12-23)30-26(24)22-10-7-13-28-18-22/h1-13,18-19,25H,14-17,20H2,(H,29,33)/t25-/m1/s1. The van der Waals surface area contributed by atoms with Crippen molar-refractivity contribution < 1.29 is 9.53 Å². The number of rotatable bonds is 7. The molecule has 7 heteroatoms. The van der Waals surface area contributed by atoms with Gasteiger partial charge in [-0.1, -0.05) is 48.5 Å². The largest absolute Gasteiger partial charge is 0.379 e. The van der Waals surface area contributed by atoms with Gasteiger partial charge in [-0.05, 0) is 29.8 Å². The van der Waals surface area contributed by atoms with E-state index >= 15 is 0 Å². The lowest BCUT2D eigenvalue weighted by atomic mass is 10.0. The molecule has 1 N–H and O–H groups in total. The smallest absolute Gasteiger partial charge is 0.255 e. The van der Waals surface area contributed by atoms with E-state index in [9.17, 15) is 4.79 Å². The summed E-state index contributed by atoms with van der Waals surface area (Å²) in [5, 5.41) is 8.03. The van der Waals surface area contributed by atoms with Crippen LogP contribution in [0, 0.1) is 0 Å². The van der Waals surface area contributed by atoms with Gasteiger partial charge in [0.25, 0.3) is 5.91 Å². The van der Waals surface area contributed by atoms with E-state index in [1.54, 1.807) is 23.3 Å². The Balaban J connectivity index is 1.47. The van der Waals surface area contributed by atoms with Crippen molar-refractivity contribution in [3.8, 4) is 16.9 Å². The van der Waals surface area contributed by atoms with Crippen molar-refractivity contribution in [1.82, 2.24) is 25.0 Å². The molecule has 1 aliphatic rings. The fraction of sp³-hybridized carbons (Fsp3) is 0.222. The lowest BCUT2D eigenvalue weighted by Gasteiger charge is -2.31. The minimum absolute atomic E-state index is 0.159. The fourth-order valence-electron chi connectivity index (χ4n) is 4.17. The molecule has 2 aromatic carbocycles. The highest BCUT2D eigenvalue weighted by molar-refractivity contribution is 6.00. The zero-order chi connectivity index (χ0) is 23.2. The number of benzene rings is 2. The fourth-order valence-corrected chi connectivity index (χ4v) is 4.17. The van der Waals surface area contributed by atoms with Crippen LogP contribution < -0.4 is 5.32 Å². The third-order valence-corrected chi connectivity index (χ3v) is 5.97. The zero-order valence-corrected chi connectivity index (χ0v) is 18.9. The van der Waals surface area contributed by atoms with Crippen LogP contribution in [0.25, 0.3) is 16.9 Å². The van der Waals surface area contributed by atoms with E-state index in [0.29, 0.717) is 31.0 Å². The molecule has 0 spiro atoms. The van der Waals surface area contributed by atoms with Gasteiger partial charge in [0, 0.05) is 43.8 Å². The first-order valence-corrected chi connectivity index (χ1v) is 11.5. The van der Waals surface area contributed by atoms with Crippen molar-refractivity contribution in [3.63, 3.8) is 0 Å². The summed E-state index contributed by atoms with van der Waals surface area (Å²) in [5.41, 5.74) is 3.87. The normalized spacial score (nSPS) is 15.1. The highest BCUT2D eigenvalue weighted by Gasteiger charge is 2.24. The van der Waals surface area contributed by atoms with E-state index in [0.717, 1.165) is 29.9 Å². The van der Waals surface area contributed by atoms with Gasteiger partial charge in [-0.2, -0.15) is 5.10 Å². The van der Waals surface area contributed by atoms with Crippen molar-refractivity contribution in [3.05, 3.63) is 103 Å². The maximum atomic E-state index is 13.7. The number of aromatic nitrogens is 3. The first kappa shape index (κ1) is 22.0. The maximum Gasteiger partial charge on any atom is 0.255 e. The summed E-state index contributed by atoms with van der Waals surface area (Å²) in [6, 6.07) is 23.5. The molecule has 0 radical (unpaired) electrons. The number of ether oxygens (including phenoxy) is 1. The molecule has 0 saturated carbocycles. The average molecular weight is 454 g/mol. The number of hydrogen-bond acceptors (Lipinski definition) is 5. The molecule has 0 aliphatic carbocycles. The van der Waals surface area contributed by atoms with Gasteiger partial charge in [0.1, 0.15) is 5.69 Å². The molecule has 7 nitrogen and oxygen atoms in total. The van der Waals surface area contributed by atoms with E-state index in [4.69, 9.17) is 9.84 Å². The number of carbonyl (C=O) groups is 1. The molecule has 3 heterocycles. The highest BCUT2D eigenvalue weighted by atomic mass is 16.5. The predicted molar refractivity (Wildman–Crippen MR) is 131 cm³/mol. The maximum absolute atomic E-state index is 13.7. The number of nitrogens with zero attached hydrogens (tertiary/aromatic N) is 4. The van der Waals surface area contributed by atoms with Gasteiger partial charge in [0.2, 0.25) is 0 Å². The summed E-state index contributed by atoms with van der Waals surface area (Å²) in [7, 11) is 0. The van der Waals surface area contributed by atoms with Crippen LogP contribution in [0.15, 0.2) is 91.4 Å². The monoisotopic (exact) mass is 453 g/mol. The number of amides is 1. The van der Waals surface area contributed by atoms with Gasteiger partial charge in [0.15, 0.2) is 0 Å². The molecule has 1 saturated heterocycles. The van der Waals surface area contributed by atoms with Gasteiger partial charge in [-0.3, -0.25) is 14.7 Å². The van der Waals surface area contributed by atoms with Crippen molar-refractivity contribution in [2.45, 2.75) is 6.04 Å². The van der Waals surface area contributed by atoms with Crippen LogP contribution in [0.4, 0.5) is 0 Å². The summed E-state index contributed by atoms with van der Waals surface area (Å²) in [5.74, 6) is -0.164. The van der Waals surface area contributed by atoms with Gasteiger partial charge in [0.05, 0.1) is 30.5 Å². The lowest BCUT2D eigenvalue weighted by molar-refractivity contribution is 0.0332.